The molecule has 0 aliphatic heterocycles. The fourth-order valence-corrected chi connectivity index (χ4v) is 1.97. The summed E-state index contributed by atoms with van der Waals surface area (Å²) in [7, 11) is -2.90. The molecule has 0 saturated carbocycles. The van der Waals surface area contributed by atoms with Gasteiger partial charge in [-0.25, -0.2) is 8.42 Å². The van der Waals surface area contributed by atoms with Crippen molar-refractivity contribution >= 4 is 9.84 Å². The van der Waals surface area contributed by atoms with E-state index in [0.717, 1.165) is 12.0 Å². The monoisotopic (exact) mass is 451 g/mol. The van der Waals surface area contributed by atoms with Gasteiger partial charge in [-0.2, -0.15) is 0 Å². The normalized spacial score (nSPS) is 10.0. The van der Waals surface area contributed by atoms with E-state index in [1.165, 1.54) is 11.8 Å². The van der Waals surface area contributed by atoms with Crippen LogP contribution in [0.1, 0.15) is 18.1 Å². The van der Waals surface area contributed by atoms with Crippen molar-refractivity contribution in [1.82, 2.24) is 0 Å². The maximum atomic E-state index is 11.0. The number of rotatable bonds is 3. The van der Waals surface area contributed by atoms with Crippen molar-refractivity contribution in [3.05, 3.63) is 42.8 Å². The van der Waals surface area contributed by atoms with E-state index in [2.05, 4.69) is 6.92 Å². The molecule has 0 aromatic heterocycles. The molecule has 84 valence electrons. The van der Waals surface area contributed by atoms with Gasteiger partial charge in [0.25, 0.3) is 0 Å². The third-order valence-corrected chi connectivity index (χ3v) is 2.72. The Bertz CT molecular complexity index is 368. The van der Waals surface area contributed by atoms with E-state index in [4.69, 9.17) is 0 Å². The predicted octanol–water partition coefficient (Wildman–Crippen LogP) is 2.24. The van der Waals surface area contributed by atoms with Crippen LogP contribution < -0.4 is 0 Å². The van der Waals surface area contributed by atoms with Gasteiger partial charge in [0, 0.05) is 37.4 Å². The standard InChI is InChI=1S/C10H14O2S.CH3.U/c1-3-9-4-6-10(7-5-9)8-13(2,11)12;;/h4-7H,3,8H2,1-2H3;1H3;/q;-1;. The third kappa shape index (κ3) is 7.16. The van der Waals surface area contributed by atoms with E-state index in [9.17, 15) is 8.42 Å². The molecule has 0 spiro atoms. The first kappa shape index (κ1) is 17.6. The molecule has 0 amide bonds. The van der Waals surface area contributed by atoms with Gasteiger partial charge in [0.1, 0.15) is 0 Å². The van der Waals surface area contributed by atoms with Crippen LogP contribution in [0.5, 0.6) is 0 Å². The van der Waals surface area contributed by atoms with Gasteiger partial charge in [0.05, 0.1) is 5.75 Å². The Morgan fingerprint density at radius 2 is 1.47 bits per heavy atom. The first-order valence-corrected chi connectivity index (χ1v) is 6.33. The third-order valence-electron chi connectivity index (χ3n) is 1.86. The summed E-state index contributed by atoms with van der Waals surface area (Å²) in [5.41, 5.74) is 2.09. The Morgan fingerprint density at radius 1 is 1.07 bits per heavy atom. The molecule has 0 aliphatic carbocycles. The van der Waals surface area contributed by atoms with Gasteiger partial charge in [-0.3, -0.25) is 0 Å². The molecule has 0 heterocycles. The molecule has 0 unspecified atom stereocenters. The van der Waals surface area contributed by atoms with Gasteiger partial charge in [0.2, 0.25) is 0 Å². The summed E-state index contributed by atoms with van der Waals surface area (Å²) >= 11 is 0. The first-order chi connectivity index (χ1) is 6.01. The largest absolute Gasteiger partial charge is 0.358 e. The molecule has 0 fully saturated rings. The second-order valence-corrected chi connectivity index (χ2v) is 5.38. The van der Waals surface area contributed by atoms with Crippen molar-refractivity contribution in [1.29, 1.82) is 0 Å². The number of hydrogen-bond acceptors (Lipinski definition) is 2. The van der Waals surface area contributed by atoms with E-state index in [-0.39, 0.29) is 44.3 Å². The van der Waals surface area contributed by atoms with E-state index >= 15 is 0 Å². The topological polar surface area (TPSA) is 34.1 Å². The van der Waals surface area contributed by atoms with Crippen molar-refractivity contribution in [3.8, 4) is 0 Å². The summed E-state index contributed by atoms with van der Waals surface area (Å²) in [6.07, 6.45) is 2.24. The zero-order valence-corrected chi connectivity index (χ0v) is 14.4. The maximum absolute atomic E-state index is 11.0. The Balaban J connectivity index is 0. The molecule has 1 aromatic rings. The molecule has 0 N–H and O–H groups in total. The van der Waals surface area contributed by atoms with Crippen LogP contribution in [0, 0.1) is 38.5 Å². The van der Waals surface area contributed by atoms with Gasteiger partial charge in [-0.1, -0.05) is 31.2 Å². The fourth-order valence-electron chi connectivity index (χ4n) is 1.17. The van der Waals surface area contributed by atoms with Gasteiger partial charge in [0.15, 0.2) is 9.84 Å². The quantitative estimate of drug-likeness (QED) is 0.661. The van der Waals surface area contributed by atoms with E-state index in [0.29, 0.717) is 0 Å². The van der Waals surface area contributed by atoms with Crippen molar-refractivity contribution in [2.45, 2.75) is 19.1 Å². The summed E-state index contributed by atoms with van der Waals surface area (Å²) in [5.74, 6) is 0.136. The molecule has 0 saturated heterocycles. The molecule has 0 aliphatic rings. The predicted molar refractivity (Wildman–Crippen MR) is 60.8 cm³/mol. The number of aryl methyl sites for hydroxylation is 1. The number of benzene rings is 1. The molecule has 0 radical (unpaired) electrons. The average molecular weight is 451 g/mol. The van der Waals surface area contributed by atoms with Crippen LogP contribution >= 0.6 is 0 Å². The van der Waals surface area contributed by atoms with E-state index < -0.39 is 9.84 Å². The summed E-state index contributed by atoms with van der Waals surface area (Å²) in [6, 6.07) is 7.70. The molecular weight excluding hydrogens is 434 g/mol. The van der Waals surface area contributed by atoms with E-state index in [1.807, 2.05) is 24.3 Å². The zero-order valence-electron chi connectivity index (χ0n) is 9.45. The van der Waals surface area contributed by atoms with Crippen molar-refractivity contribution in [2.24, 2.45) is 0 Å². The molecule has 15 heavy (non-hydrogen) atoms. The minimum atomic E-state index is -2.90. The van der Waals surface area contributed by atoms with Crippen LogP contribution in [-0.4, -0.2) is 14.7 Å². The number of hydrogen-bond donors (Lipinski definition) is 0. The Kier molecular flexibility index (Phi) is 8.79. The molecule has 4 heteroatoms. The van der Waals surface area contributed by atoms with Gasteiger partial charge in [-0.05, 0) is 17.5 Å². The zero-order chi connectivity index (χ0) is 9.90. The SMILES string of the molecule is CCc1ccc(CS(C)(=O)=O)cc1.[CH3-].[U]. The Labute approximate surface area is 117 Å². The van der Waals surface area contributed by atoms with Crippen molar-refractivity contribution in [3.63, 3.8) is 0 Å². The molecule has 0 atom stereocenters. The fraction of sp³-hybridized carbons (Fsp3) is 0.364. The number of sulfone groups is 1. The maximum Gasteiger partial charge on any atom is 0.151 e. The van der Waals surface area contributed by atoms with Crippen LogP contribution in [0.25, 0.3) is 0 Å². The Morgan fingerprint density at radius 3 is 1.80 bits per heavy atom. The summed E-state index contributed by atoms with van der Waals surface area (Å²) in [5, 5.41) is 0. The summed E-state index contributed by atoms with van der Waals surface area (Å²) in [4.78, 5) is 0. The summed E-state index contributed by atoms with van der Waals surface area (Å²) < 4.78 is 21.9. The second-order valence-electron chi connectivity index (χ2n) is 3.24. The van der Waals surface area contributed by atoms with Gasteiger partial charge >= 0.3 is 0 Å². The minimum absolute atomic E-state index is 0. The molecular formula is C11H17O2SU-. The van der Waals surface area contributed by atoms with Crippen LogP contribution in [0.4, 0.5) is 0 Å². The van der Waals surface area contributed by atoms with Crippen molar-refractivity contribution < 1.29 is 39.5 Å². The van der Waals surface area contributed by atoms with Crippen LogP contribution in [0.2, 0.25) is 0 Å². The van der Waals surface area contributed by atoms with Crippen LogP contribution in [0.3, 0.4) is 0 Å². The minimum Gasteiger partial charge on any atom is -0.358 e. The van der Waals surface area contributed by atoms with E-state index in [1.54, 1.807) is 0 Å². The van der Waals surface area contributed by atoms with Crippen molar-refractivity contribution in [2.75, 3.05) is 6.26 Å². The molecule has 0 bridgehead atoms. The average Bonchev–Trinajstić information content (AvgIpc) is 2.03. The molecule has 1 rings (SSSR count). The van der Waals surface area contributed by atoms with Crippen LogP contribution in [-0.2, 0) is 22.0 Å². The smallest absolute Gasteiger partial charge is 0.151 e. The molecule has 2 nitrogen and oxygen atoms in total. The first-order valence-electron chi connectivity index (χ1n) is 4.27. The molecule has 1 aromatic carbocycles. The van der Waals surface area contributed by atoms with Gasteiger partial charge in [-0.15, -0.1) is 0 Å². The van der Waals surface area contributed by atoms with Crippen LogP contribution in [0.15, 0.2) is 24.3 Å². The second kappa shape index (κ2) is 7.49. The van der Waals surface area contributed by atoms with Gasteiger partial charge < -0.3 is 7.43 Å². The Hall–Kier alpha value is 0.222. The summed E-state index contributed by atoms with van der Waals surface area (Å²) in [6.45, 7) is 2.07.